The van der Waals surface area contributed by atoms with Crippen LogP contribution in [0, 0.1) is 11.3 Å². The van der Waals surface area contributed by atoms with Crippen molar-refractivity contribution < 1.29 is 5.11 Å². The quantitative estimate of drug-likeness (QED) is 0.860. The molecule has 0 aliphatic rings. The van der Waals surface area contributed by atoms with Crippen LogP contribution in [-0.2, 0) is 6.42 Å². The van der Waals surface area contributed by atoms with E-state index in [-0.39, 0.29) is 0 Å². The van der Waals surface area contributed by atoms with Crippen molar-refractivity contribution >= 4 is 5.69 Å². The number of aliphatic hydroxyl groups is 1. The molecule has 0 aromatic heterocycles. The summed E-state index contributed by atoms with van der Waals surface area (Å²) in [5, 5.41) is 21.8. The number of hydrogen-bond donors (Lipinski definition) is 2. The minimum Gasteiger partial charge on any atom is -0.391 e. The van der Waals surface area contributed by atoms with E-state index in [1.54, 1.807) is 12.1 Å². The van der Waals surface area contributed by atoms with E-state index in [0.29, 0.717) is 18.5 Å². The fourth-order valence-electron chi connectivity index (χ4n) is 1.86. The summed E-state index contributed by atoms with van der Waals surface area (Å²) in [7, 11) is 0. The van der Waals surface area contributed by atoms with E-state index < -0.39 is 6.10 Å². The molecule has 3 nitrogen and oxygen atoms in total. The van der Waals surface area contributed by atoms with Gasteiger partial charge in [-0.05, 0) is 29.8 Å². The Morgan fingerprint density at radius 1 is 1.05 bits per heavy atom. The molecule has 3 heteroatoms. The van der Waals surface area contributed by atoms with Gasteiger partial charge < -0.3 is 10.4 Å². The van der Waals surface area contributed by atoms with Crippen LogP contribution in [-0.4, -0.2) is 17.8 Å². The molecule has 0 fully saturated rings. The standard InChI is InChI=1S/C16H16N2O/c17-11-14-6-8-15(9-7-14)18-12-16(19)10-13-4-2-1-3-5-13/h1-9,16,18-19H,10,12H2/t16-/m0/s1. The largest absolute Gasteiger partial charge is 0.391 e. The van der Waals surface area contributed by atoms with E-state index in [0.717, 1.165) is 11.3 Å². The van der Waals surface area contributed by atoms with Gasteiger partial charge in [-0.15, -0.1) is 0 Å². The van der Waals surface area contributed by atoms with Crippen LogP contribution in [0.4, 0.5) is 5.69 Å². The zero-order valence-electron chi connectivity index (χ0n) is 10.6. The molecule has 0 heterocycles. The van der Waals surface area contributed by atoms with Gasteiger partial charge in [-0.3, -0.25) is 0 Å². The molecule has 2 aromatic carbocycles. The summed E-state index contributed by atoms with van der Waals surface area (Å²) < 4.78 is 0. The van der Waals surface area contributed by atoms with Crippen LogP contribution in [0.1, 0.15) is 11.1 Å². The number of benzene rings is 2. The first kappa shape index (κ1) is 13.1. The van der Waals surface area contributed by atoms with Crippen molar-refractivity contribution in [1.82, 2.24) is 0 Å². The SMILES string of the molecule is N#Cc1ccc(NC[C@@H](O)Cc2ccccc2)cc1. The Morgan fingerprint density at radius 2 is 1.74 bits per heavy atom. The van der Waals surface area contributed by atoms with Crippen molar-refractivity contribution in [2.75, 3.05) is 11.9 Å². The maximum atomic E-state index is 9.95. The second kappa shape index (κ2) is 6.58. The lowest BCUT2D eigenvalue weighted by atomic mass is 10.1. The zero-order chi connectivity index (χ0) is 13.5. The van der Waals surface area contributed by atoms with E-state index in [2.05, 4.69) is 11.4 Å². The fourth-order valence-corrected chi connectivity index (χ4v) is 1.86. The molecule has 2 aromatic rings. The minimum absolute atomic E-state index is 0.432. The van der Waals surface area contributed by atoms with Gasteiger partial charge in [0.1, 0.15) is 0 Å². The lowest BCUT2D eigenvalue weighted by molar-refractivity contribution is 0.188. The van der Waals surface area contributed by atoms with Gasteiger partial charge in [0, 0.05) is 18.7 Å². The molecule has 0 spiro atoms. The highest BCUT2D eigenvalue weighted by atomic mass is 16.3. The van der Waals surface area contributed by atoms with Crippen molar-refractivity contribution in [1.29, 1.82) is 5.26 Å². The summed E-state index contributed by atoms with van der Waals surface area (Å²) in [4.78, 5) is 0. The monoisotopic (exact) mass is 252 g/mol. The molecule has 1 atom stereocenters. The van der Waals surface area contributed by atoms with Gasteiger partial charge in [-0.25, -0.2) is 0 Å². The van der Waals surface area contributed by atoms with Gasteiger partial charge in [-0.2, -0.15) is 5.26 Å². The molecular weight excluding hydrogens is 236 g/mol. The van der Waals surface area contributed by atoms with Gasteiger partial charge in [0.2, 0.25) is 0 Å². The number of rotatable bonds is 5. The summed E-state index contributed by atoms with van der Waals surface area (Å²) in [6.45, 7) is 0.487. The van der Waals surface area contributed by atoms with Crippen LogP contribution in [0.3, 0.4) is 0 Å². The Hall–Kier alpha value is -2.31. The molecule has 19 heavy (non-hydrogen) atoms. The predicted octanol–water partition coefficient (Wildman–Crippen LogP) is 2.57. The average molecular weight is 252 g/mol. The van der Waals surface area contributed by atoms with Crippen molar-refractivity contribution in [3.8, 4) is 6.07 Å². The van der Waals surface area contributed by atoms with Crippen LogP contribution < -0.4 is 5.32 Å². The molecule has 0 aliphatic carbocycles. The van der Waals surface area contributed by atoms with Crippen LogP contribution >= 0.6 is 0 Å². The van der Waals surface area contributed by atoms with Gasteiger partial charge in [-0.1, -0.05) is 30.3 Å². The molecule has 0 aliphatic heterocycles. The van der Waals surface area contributed by atoms with E-state index >= 15 is 0 Å². The van der Waals surface area contributed by atoms with E-state index in [1.165, 1.54) is 0 Å². The first-order chi connectivity index (χ1) is 9.28. The second-order valence-electron chi connectivity index (χ2n) is 4.41. The third kappa shape index (κ3) is 4.13. The van der Waals surface area contributed by atoms with Crippen LogP contribution in [0.2, 0.25) is 0 Å². The predicted molar refractivity (Wildman–Crippen MR) is 75.8 cm³/mol. The van der Waals surface area contributed by atoms with Crippen LogP contribution in [0.5, 0.6) is 0 Å². The maximum absolute atomic E-state index is 9.95. The third-order valence-corrected chi connectivity index (χ3v) is 2.87. The van der Waals surface area contributed by atoms with Gasteiger partial charge in [0.15, 0.2) is 0 Å². The van der Waals surface area contributed by atoms with E-state index in [1.807, 2.05) is 42.5 Å². The smallest absolute Gasteiger partial charge is 0.0991 e. The van der Waals surface area contributed by atoms with Crippen LogP contribution in [0.25, 0.3) is 0 Å². The molecular formula is C16H16N2O. The average Bonchev–Trinajstić information content (AvgIpc) is 2.47. The number of hydrogen-bond acceptors (Lipinski definition) is 3. The van der Waals surface area contributed by atoms with Crippen molar-refractivity contribution in [3.05, 3.63) is 65.7 Å². The Morgan fingerprint density at radius 3 is 2.37 bits per heavy atom. The maximum Gasteiger partial charge on any atom is 0.0991 e. The summed E-state index contributed by atoms with van der Waals surface area (Å²) in [5.41, 5.74) is 2.66. The lowest BCUT2D eigenvalue weighted by Gasteiger charge is -2.13. The number of aliphatic hydroxyl groups excluding tert-OH is 1. The fraction of sp³-hybridized carbons (Fsp3) is 0.188. The highest BCUT2D eigenvalue weighted by Crippen LogP contribution is 2.09. The highest BCUT2D eigenvalue weighted by molar-refractivity contribution is 5.47. The Labute approximate surface area is 113 Å². The summed E-state index contributed by atoms with van der Waals surface area (Å²) in [5.74, 6) is 0. The molecule has 0 radical (unpaired) electrons. The van der Waals surface area contributed by atoms with Gasteiger partial charge >= 0.3 is 0 Å². The van der Waals surface area contributed by atoms with E-state index in [9.17, 15) is 5.11 Å². The first-order valence-corrected chi connectivity index (χ1v) is 6.24. The molecule has 0 saturated carbocycles. The summed E-state index contributed by atoms with van der Waals surface area (Å²) >= 11 is 0. The molecule has 2 N–H and O–H groups in total. The second-order valence-corrected chi connectivity index (χ2v) is 4.41. The van der Waals surface area contributed by atoms with E-state index in [4.69, 9.17) is 5.26 Å². The normalized spacial score (nSPS) is 11.6. The van der Waals surface area contributed by atoms with Crippen molar-refractivity contribution in [2.45, 2.75) is 12.5 Å². The Balaban J connectivity index is 1.83. The highest BCUT2D eigenvalue weighted by Gasteiger charge is 2.05. The molecule has 0 saturated heterocycles. The molecule has 0 unspecified atom stereocenters. The number of nitrogens with zero attached hydrogens (tertiary/aromatic N) is 1. The molecule has 2 rings (SSSR count). The molecule has 0 bridgehead atoms. The topological polar surface area (TPSA) is 56.0 Å². The van der Waals surface area contributed by atoms with Crippen molar-refractivity contribution in [2.24, 2.45) is 0 Å². The third-order valence-electron chi connectivity index (χ3n) is 2.87. The number of anilines is 1. The Kier molecular flexibility index (Phi) is 4.54. The lowest BCUT2D eigenvalue weighted by Crippen LogP contribution is -2.21. The summed E-state index contributed by atoms with van der Waals surface area (Å²) in [6, 6.07) is 19.2. The number of nitrogens with one attached hydrogen (secondary N) is 1. The summed E-state index contributed by atoms with van der Waals surface area (Å²) in [6.07, 6.45) is 0.197. The van der Waals surface area contributed by atoms with Gasteiger partial charge in [0.25, 0.3) is 0 Å². The minimum atomic E-state index is -0.432. The molecule has 96 valence electrons. The van der Waals surface area contributed by atoms with Gasteiger partial charge in [0.05, 0.1) is 17.7 Å². The Bertz CT molecular complexity index is 543. The first-order valence-electron chi connectivity index (χ1n) is 6.24. The number of nitriles is 1. The van der Waals surface area contributed by atoms with Crippen LogP contribution in [0.15, 0.2) is 54.6 Å². The van der Waals surface area contributed by atoms with Crippen molar-refractivity contribution in [3.63, 3.8) is 0 Å². The zero-order valence-corrected chi connectivity index (χ0v) is 10.6. The molecule has 0 amide bonds.